The highest BCUT2D eigenvalue weighted by molar-refractivity contribution is 5.37. The van der Waals surface area contributed by atoms with Crippen molar-refractivity contribution >= 4 is 0 Å². The third-order valence-corrected chi connectivity index (χ3v) is 3.44. The molecule has 2 heteroatoms. The van der Waals surface area contributed by atoms with Crippen LogP contribution in [-0.4, -0.2) is 13.7 Å². The lowest BCUT2D eigenvalue weighted by atomic mass is 9.98. The van der Waals surface area contributed by atoms with Gasteiger partial charge in [-0.25, -0.2) is 0 Å². The monoisotopic (exact) mass is 269 g/mol. The van der Waals surface area contributed by atoms with Gasteiger partial charge in [-0.05, 0) is 31.0 Å². The molecule has 0 bridgehead atoms. The van der Waals surface area contributed by atoms with Gasteiger partial charge >= 0.3 is 0 Å². The molecular weight excluding hydrogens is 246 g/mol. The fraction of sp³-hybridized carbons (Fsp3) is 0.333. The van der Waals surface area contributed by atoms with Gasteiger partial charge in [0.15, 0.2) is 0 Å². The summed E-state index contributed by atoms with van der Waals surface area (Å²) in [5, 5.41) is 3.63. The van der Waals surface area contributed by atoms with E-state index >= 15 is 0 Å². The largest absolute Gasteiger partial charge is 0.496 e. The fourth-order valence-corrected chi connectivity index (χ4v) is 2.41. The molecular formula is C18H23NO. The van der Waals surface area contributed by atoms with Gasteiger partial charge in [-0.1, -0.05) is 55.5 Å². The first-order chi connectivity index (χ1) is 9.85. The quantitative estimate of drug-likeness (QED) is 0.821. The van der Waals surface area contributed by atoms with E-state index in [9.17, 15) is 0 Å². The standard InChI is InChI=1S/C18H23NO/c1-3-13-19-17(14-15-9-5-4-6-10-15)16-11-7-8-12-18(16)20-2/h4-12,17,19H,3,13-14H2,1-2H3. The summed E-state index contributed by atoms with van der Waals surface area (Å²) in [6, 6.07) is 19.1. The van der Waals surface area contributed by atoms with Gasteiger partial charge in [-0.15, -0.1) is 0 Å². The van der Waals surface area contributed by atoms with E-state index in [1.807, 2.05) is 12.1 Å². The number of para-hydroxylation sites is 1. The Kier molecular flexibility index (Phi) is 5.63. The van der Waals surface area contributed by atoms with Crippen LogP contribution in [-0.2, 0) is 6.42 Å². The molecule has 0 aliphatic heterocycles. The number of hydrogen-bond acceptors (Lipinski definition) is 2. The van der Waals surface area contributed by atoms with Gasteiger partial charge in [0, 0.05) is 11.6 Å². The van der Waals surface area contributed by atoms with E-state index in [-0.39, 0.29) is 6.04 Å². The molecule has 0 aliphatic carbocycles. The molecule has 2 nitrogen and oxygen atoms in total. The van der Waals surface area contributed by atoms with Crippen molar-refractivity contribution in [3.63, 3.8) is 0 Å². The van der Waals surface area contributed by atoms with Crippen LogP contribution >= 0.6 is 0 Å². The maximum Gasteiger partial charge on any atom is 0.123 e. The maximum absolute atomic E-state index is 5.50. The summed E-state index contributed by atoms with van der Waals surface area (Å²) in [5.41, 5.74) is 2.57. The Morgan fingerprint density at radius 3 is 2.40 bits per heavy atom. The van der Waals surface area contributed by atoms with Crippen LogP contribution in [0, 0.1) is 0 Å². The van der Waals surface area contributed by atoms with Crippen molar-refractivity contribution in [2.75, 3.05) is 13.7 Å². The molecule has 106 valence electrons. The molecule has 1 N–H and O–H groups in total. The number of ether oxygens (including phenoxy) is 1. The van der Waals surface area contributed by atoms with Crippen LogP contribution in [0.1, 0.15) is 30.5 Å². The predicted octanol–water partition coefficient (Wildman–Crippen LogP) is 3.98. The average Bonchev–Trinajstić information content (AvgIpc) is 2.52. The molecule has 2 rings (SSSR count). The van der Waals surface area contributed by atoms with Gasteiger partial charge in [0.2, 0.25) is 0 Å². The van der Waals surface area contributed by atoms with Crippen LogP contribution in [0.15, 0.2) is 54.6 Å². The van der Waals surface area contributed by atoms with Gasteiger partial charge in [-0.2, -0.15) is 0 Å². The molecule has 2 aromatic rings. The molecule has 0 aromatic heterocycles. The number of benzene rings is 2. The van der Waals surface area contributed by atoms with E-state index < -0.39 is 0 Å². The molecule has 0 spiro atoms. The number of methoxy groups -OCH3 is 1. The second-order valence-electron chi connectivity index (χ2n) is 4.94. The zero-order valence-corrected chi connectivity index (χ0v) is 12.3. The number of rotatable bonds is 7. The Labute approximate surface area is 121 Å². The van der Waals surface area contributed by atoms with Crippen molar-refractivity contribution in [1.82, 2.24) is 5.32 Å². The zero-order chi connectivity index (χ0) is 14.2. The van der Waals surface area contributed by atoms with Crippen LogP contribution in [0.2, 0.25) is 0 Å². The molecule has 0 saturated carbocycles. The lowest BCUT2D eigenvalue weighted by Crippen LogP contribution is -2.24. The van der Waals surface area contributed by atoms with Crippen LogP contribution < -0.4 is 10.1 Å². The minimum absolute atomic E-state index is 0.286. The molecule has 1 atom stereocenters. The third-order valence-electron chi connectivity index (χ3n) is 3.44. The molecule has 1 unspecified atom stereocenters. The van der Waals surface area contributed by atoms with Gasteiger partial charge in [-0.3, -0.25) is 0 Å². The van der Waals surface area contributed by atoms with Crippen molar-refractivity contribution in [3.8, 4) is 5.75 Å². The second-order valence-corrected chi connectivity index (χ2v) is 4.94. The predicted molar refractivity (Wildman–Crippen MR) is 84.2 cm³/mol. The fourth-order valence-electron chi connectivity index (χ4n) is 2.41. The Morgan fingerprint density at radius 2 is 1.70 bits per heavy atom. The Bertz CT molecular complexity index is 510. The normalized spacial score (nSPS) is 12.1. The molecule has 0 amide bonds. The first-order valence-electron chi connectivity index (χ1n) is 7.25. The van der Waals surface area contributed by atoms with Crippen molar-refractivity contribution in [2.24, 2.45) is 0 Å². The third kappa shape index (κ3) is 3.84. The van der Waals surface area contributed by atoms with Crippen molar-refractivity contribution in [2.45, 2.75) is 25.8 Å². The maximum atomic E-state index is 5.50. The lowest BCUT2D eigenvalue weighted by molar-refractivity contribution is 0.398. The van der Waals surface area contributed by atoms with Gasteiger partial charge in [0.05, 0.1) is 7.11 Å². The van der Waals surface area contributed by atoms with Crippen LogP contribution in [0.3, 0.4) is 0 Å². The summed E-state index contributed by atoms with van der Waals surface area (Å²) in [7, 11) is 1.73. The highest BCUT2D eigenvalue weighted by Crippen LogP contribution is 2.27. The van der Waals surface area contributed by atoms with E-state index in [1.54, 1.807) is 7.11 Å². The Hall–Kier alpha value is -1.80. The molecule has 0 fully saturated rings. The van der Waals surface area contributed by atoms with Gasteiger partial charge < -0.3 is 10.1 Å². The Morgan fingerprint density at radius 1 is 1.00 bits per heavy atom. The summed E-state index contributed by atoms with van der Waals surface area (Å²) in [6.45, 7) is 3.20. The summed E-state index contributed by atoms with van der Waals surface area (Å²) in [4.78, 5) is 0. The van der Waals surface area contributed by atoms with Crippen molar-refractivity contribution < 1.29 is 4.74 Å². The van der Waals surface area contributed by atoms with Crippen LogP contribution in [0.4, 0.5) is 0 Å². The summed E-state index contributed by atoms with van der Waals surface area (Å²) in [5.74, 6) is 0.956. The highest BCUT2D eigenvalue weighted by atomic mass is 16.5. The van der Waals surface area contributed by atoms with Crippen LogP contribution in [0.25, 0.3) is 0 Å². The van der Waals surface area contributed by atoms with Gasteiger partial charge in [0.25, 0.3) is 0 Å². The van der Waals surface area contributed by atoms with Gasteiger partial charge in [0.1, 0.15) is 5.75 Å². The minimum atomic E-state index is 0.286. The van der Waals surface area contributed by atoms with E-state index in [1.165, 1.54) is 11.1 Å². The smallest absolute Gasteiger partial charge is 0.123 e. The number of nitrogens with one attached hydrogen (secondary N) is 1. The topological polar surface area (TPSA) is 21.3 Å². The van der Waals surface area contributed by atoms with E-state index in [0.29, 0.717) is 0 Å². The van der Waals surface area contributed by atoms with Crippen molar-refractivity contribution in [3.05, 3.63) is 65.7 Å². The number of hydrogen-bond donors (Lipinski definition) is 1. The van der Waals surface area contributed by atoms with E-state index in [0.717, 1.165) is 25.1 Å². The first kappa shape index (κ1) is 14.6. The van der Waals surface area contributed by atoms with E-state index in [2.05, 4.69) is 54.7 Å². The Balaban J connectivity index is 2.22. The SMILES string of the molecule is CCCNC(Cc1ccccc1)c1ccccc1OC. The molecule has 0 saturated heterocycles. The zero-order valence-electron chi connectivity index (χ0n) is 12.3. The molecule has 2 aromatic carbocycles. The molecule has 20 heavy (non-hydrogen) atoms. The van der Waals surface area contributed by atoms with Crippen LogP contribution in [0.5, 0.6) is 5.75 Å². The highest BCUT2D eigenvalue weighted by Gasteiger charge is 2.15. The molecule has 0 aliphatic rings. The molecule has 0 radical (unpaired) electrons. The van der Waals surface area contributed by atoms with Crippen molar-refractivity contribution in [1.29, 1.82) is 0 Å². The van der Waals surface area contributed by atoms with E-state index in [4.69, 9.17) is 4.74 Å². The molecule has 0 heterocycles. The lowest BCUT2D eigenvalue weighted by Gasteiger charge is -2.21. The second kappa shape index (κ2) is 7.71. The average molecular weight is 269 g/mol. The summed E-state index contributed by atoms with van der Waals surface area (Å²) >= 11 is 0. The first-order valence-corrected chi connectivity index (χ1v) is 7.25. The minimum Gasteiger partial charge on any atom is -0.496 e. The summed E-state index contributed by atoms with van der Waals surface area (Å²) in [6.07, 6.45) is 2.10. The summed E-state index contributed by atoms with van der Waals surface area (Å²) < 4.78 is 5.50.